The van der Waals surface area contributed by atoms with Gasteiger partial charge in [0.2, 0.25) is 0 Å². The Hall–Kier alpha value is -3.13. The van der Waals surface area contributed by atoms with Gasteiger partial charge in [0, 0.05) is 5.56 Å². The van der Waals surface area contributed by atoms with Crippen molar-refractivity contribution in [1.82, 2.24) is 15.8 Å². The van der Waals surface area contributed by atoms with Crippen LogP contribution in [0.25, 0.3) is 10.2 Å². The number of thiazole rings is 1. The molecule has 122 valence electrons. The van der Waals surface area contributed by atoms with Gasteiger partial charge < -0.3 is 4.74 Å². The fourth-order valence-electron chi connectivity index (χ4n) is 2.00. The fourth-order valence-corrected chi connectivity index (χ4v) is 2.86. The number of hydrogen-bond donors (Lipinski definition) is 3. The van der Waals surface area contributed by atoms with E-state index in [2.05, 4.69) is 21.2 Å². The number of carbonyl (C=O) groups is 2. The molecular formula is C16H14N4O3S. The second-order valence-corrected chi connectivity index (χ2v) is 5.78. The number of nitrogens with one attached hydrogen (secondary N) is 3. The lowest BCUT2D eigenvalue weighted by molar-refractivity contribution is 0.0937. The van der Waals surface area contributed by atoms with Gasteiger partial charge in [0.05, 0.1) is 17.3 Å². The minimum atomic E-state index is -0.578. The summed E-state index contributed by atoms with van der Waals surface area (Å²) in [6.45, 7) is 0. The third-order valence-corrected chi connectivity index (χ3v) is 4.09. The van der Waals surface area contributed by atoms with Gasteiger partial charge in [-0.3, -0.25) is 15.5 Å². The molecule has 0 aliphatic carbocycles. The number of nitrogens with zero attached hydrogens (tertiary/aromatic N) is 1. The minimum absolute atomic E-state index is 0.370. The van der Waals surface area contributed by atoms with E-state index in [1.807, 2.05) is 24.3 Å². The molecule has 3 amide bonds. The summed E-state index contributed by atoms with van der Waals surface area (Å²) in [6, 6.07) is 13.6. The molecule has 2 aromatic carbocycles. The topological polar surface area (TPSA) is 92.4 Å². The number of rotatable bonds is 3. The van der Waals surface area contributed by atoms with Crippen LogP contribution in [0.5, 0.6) is 5.75 Å². The van der Waals surface area contributed by atoms with Crippen molar-refractivity contribution in [2.75, 3.05) is 12.4 Å². The highest BCUT2D eigenvalue weighted by atomic mass is 32.1. The first-order valence-electron chi connectivity index (χ1n) is 7.02. The predicted molar refractivity (Wildman–Crippen MR) is 92.2 cm³/mol. The van der Waals surface area contributed by atoms with E-state index < -0.39 is 11.9 Å². The Morgan fingerprint density at radius 2 is 1.92 bits per heavy atom. The molecule has 0 aliphatic heterocycles. The smallest absolute Gasteiger partial charge is 0.339 e. The van der Waals surface area contributed by atoms with Gasteiger partial charge in [-0.25, -0.2) is 15.2 Å². The van der Waals surface area contributed by atoms with Crippen molar-refractivity contribution in [3.8, 4) is 5.75 Å². The maximum Gasteiger partial charge on any atom is 0.339 e. The summed E-state index contributed by atoms with van der Waals surface area (Å²) < 4.78 is 6.02. The summed E-state index contributed by atoms with van der Waals surface area (Å²) in [4.78, 5) is 28.1. The number of anilines is 1. The molecule has 0 aliphatic rings. The van der Waals surface area contributed by atoms with Crippen LogP contribution in [0, 0.1) is 0 Å². The second-order valence-electron chi connectivity index (χ2n) is 4.75. The summed E-state index contributed by atoms with van der Waals surface area (Å²) in [6.07, 6.45) is 0. The summed E-state index contributed by atoms with van der Waals surface area (Å²) in [5, 5.41) is 3.03. The van der Waals surface area contributed by atoms with Gasteiger partial charge in [0.25, 0.3) is 5.91 Å². The molecule has 0 bridgehead atoms. The van der Waals surface area contributed by atoms with Crippen molar-refractivity contribution in [3.63, 3.8) is 0 Å². The minimum Gasteiger partial charge on any atom is -0.497 e. The molecule has 0 saturated heterocycles. The number of benzene rings is 2. The van der Waals surface area contributed by atoms with Gasteiger partial charge in [-0.1, -0.05) is 29.5 Å². The number of methoxy groups -OCH3 is 1. The third-order valence-electron chi connectivity index (χ3n) is 3.14. The van der Waals surface area contributed by atoms with Crippen LogP contribution in [-0.2, 0) is 0 Å². The molecule has 3 aromatic rings. The zero-order valence-corrected chi connectivity index (χ0v) is 13.5. The number of aromatic nitrogens is 1. The van der Waals surface area contributed by atoms with Crippen LogP contribution in [0.3, 0.4) is 0 Å². The van der Waals surface area contributed by atoms with E-state index in [1.54, 1.807) is 24.3 Å². The molecule has 0 atom stereocenters. The van der Waals surface area contributed by atoms with E-state index in [0.717, 1.165) is 10.2 Å². The van der Waals surface area contributed by atoms with Crippen molar-refractivity contribution < 1.29 is 14.3 Å². The van der Waals surface area contributed by atoms with E-state index in [9.17, 15) is 9.59 Å². The van der Waals surface area contributed by atoms with Gasteiger partial charge in [-0.15, -0.1) is 0 Å². The first kappa shape index (κ1) is 15.8. The Balaban J connectivity index is 1.57. The third kappa shape index (κ3) is 3.61. The average molecular weight is 342 g/mol. The monoisotopic (exact) mass is 342 g/mol. The SMILES string of the molecule is COc1cccc(C(=O)NNC(=O)Nc2nc3ccccc3s2)c1. The zero-order chi connectivity index (χ0) is 16.9. The Morgan fingerprint density at radius 3 is 2.71 bits per heavy atom. The van der Waals surface area contributed by atoms with Crippen LogP contribution < -0.4 is 20.9 Å². The highest BCUT2D eigenvalue weighted by Crippen LogP contribution is 2.25. The van der Waals surface area contributed by atoms with E-state index in [4.69, 9.17) is 4.74 Å². The van der Waals surface area contributed by atoms with Crippen LogP contribution in [0.4, 0.5) is 9.93 Å². The molecule has 0 saturated carbocycles. The van der Waals surface area contributed by atoms with Crippen LogP contribution >= 0.6 is 11.3 Å². The molecule has 0 unspecified atom stereocenters. The van der Waals surface area contributed by atoms with Gasteiger partial charge in [0.15, 0.2) is 5.13 Å². The van der Waals surface area contributed by atoms with Crippen molar-refractivity contribution in [2.24, 2.45) is 0 Å². The van der Waals surface area contributed by atoms with Crippen molar-refractivity contribution >= 4 is 38.6 Å². The molecule has 0 fully saturated rings. The molecule has 3 N–H and O–H groups in total. The predicted octanol–water partition coefficient (Wildman–Crippen LogP) is 2.77. The van der Waals surface area contributed by atoms with Gasteiger partial charge in [0.1, 0.15) is 5.75 Å². The first-order valence-corrected chi connectivity index (χ1v) is 7.84. The van der Waals surface area contributed by atoms with Crippen LogP contribution in [0.2, 0.25) is 0 Å². The molecule has 1 heterocycles. The Kier molecular flexibility index (Phi) is 4.57. The largest absolute Gasteiger partial charge is 0.497 e. The summed E-state index contributed by atoms with van der Waals surface area (Å²) in [5.41, 5.74) is 5.79. The number of carbonyl (C=O) groups excluding carboxylic acids is 2. The van der Waals surface area contributed by atoms with Gasteiger partial charge in [-0.2, -0.15) is 0 Å². The Morgan fingerprint density at radius 1 is 1.08 bits per heavy atom. The highest BCUT2D eigenvalue weighted by Gasteiger charge is 2.10. The van der Waals surface area contributed by atoms with Crippen molar-refractivity contribution in [3.05, 3.63) is 54.1 Å². The number of hydrogen-bond acceptors (Lipinski definition) is 5. The lowest BCUT2D eigenvalue weighted by Gasteiger charge is -2.08. The van der Waals surface area contributed by atoms with Gasteiger partial charge in [-0.05, 0) is 30.3 Å². The standard InChI is InChI=1S/C16H14N4O3S/c1-23-11-6-4-5-10(9-11)14(21)19-20-15(22)18-16-17-12-7-2-3-8-13(12)24-16/h2-9H,1H3,(H,19,21)(H2,17,18,20,22). The fraction of sp³-hybridized carbons (Fsp3) is 0.0625. The molecular weight excluding hydrogens is 328 g/mol. The van der Waals surface area contributed by atoms with Gasteiger partial charge >= 0.3 is 6.03 Å². The van der Waals surface area contributed by atoms with Crippen molar-refractivity contribution in [1.29, 1.82) is 0 Å². The number of ether oxygens (including phenoxy) is 1. The lowest BCUT2D eigenvalue weighted by atomic mass is 10.2. The summed E-state index contributed by atoms with van der Waals surface area (Å²) >= 11 is 1.35. The second kappa shape index (κ2) is 6.97. The van der Waals surface area contributed by atoms with E-state index in [1.165, 1.54) is 18.4 Å². The average Bonchev–Trinajstić information content (AvgIpc) is 3.01. The number of fused-ring (bicyclic) bond motifs is 1. The van der Waals surface area contributed by atoms with Crippen molar-refractivity contribution in [2.45, 2.75) is 0 Å². The zero-order valence-electron chi connectivity index (χ0n) is 12.7. The maximum atomic E-state index is 12.0. The highest BCUT2D eigenvalue weighted by molar-refractivity contribution is 7.22. The summed E-state index contributed by atoms with van der Waals surface area (Å²) in [5.74, 6) is 0.106. The molecule has 0 radical (unpaired) electrons. The molecule has 24 heavy (non-hydrogen) atoms. The molecule has 1 aromatic heterocycles. The maximum absolute atomic E-state index is 12.0. The quantitative estimate of drug-likeness (QED) is 0.638. The van der Waals surface area contributed by atoms with E-state index >= 15 is 0 Å². The normalized spacial score (nSPS) is 10.2. The molecule has 7 nitrogen and oxygen atoms in total. The number of urea groups is 1. The molecule has 8 heteroatoms. The van der Waals surface area contributed by atoms with Crippen LogP contribution in [0.1, 0.15) is 10.4 Å². The lowest BCUT2D eigenvalue weighted by Crippen LogP contribution is -2.43. The first-order chi connectivity index (χ1) is 11.7. The van der Waals surface area contributed by atoms with Crippen LogP contribution in [0.15, 0.2) is 48.5 Å². The molecule has 0 spiro atoms. The van der Waals surface area contributed by atoms with E-state index in [-0.39, 0.29) is 0 Å². The number of hydrazine groups is 1. The Bertz CT molecular complexity index is 861. The summed E-state index contributed by atoms with van der Waals surface area (Å²) in [7, 11) is 1.51. The van der Waals surface area contributed by atoms with E-state index in [0.29, 0.717) is 16.4 Å². The number of para-hydroxylation sites is 1. The number of amides is 3. The van der Waals surface area contributed by atoms with Crippen LogP contribution in [-0.4, -0.2) is 24.0 Å². The molecule has 3 rings (SSSR count). The Labute approximate surface area is 141 Å².